The van der Waals surface area contributed by atoms with E-state index < -0.39 is 24.2 Å². The molecule has 0 aliphatic rings. The first-order valence-electron chi connectivity index (χ1n) is 5.40. The maximum atomic E-state index is 11.7. The summed E-state index contributed by atoms with van der Waals surface area (Å²) in [6.07, 6.45) is 0. The molecule has 0 unspecified atom stereocenters. The number of nitrogens with two attached hydrogens (primary N) is 2. The number of primary amides is 1. The van der Waals surface area contributed by atoms with E-state index in [0.717, 1.165) is 0 Å². The number of ether oxygens (including phenoxy) is 1. The lowest BCUT2D eigenvalue weighted by Crippen LogP contribution is -2.35. The van der Waals surface area contributed by atoms with E-state index in [2.05, 4.69) is 9.79 Å². The number of hydrogen-bond acceptors (Lipinski definition) is 7. The zero-order chi connectivity index (χ0) is 14.7. The van der Waals surface area contributed by atoms with Crippen molar-refractivity contribution in [1.82, 2.24) is 5.16 Å². The highest BCUT2D eigenvalue weighted by molar-refractivity contribution is 5.91. The minimum atomic E-state index is -1.03. The molecule has 1 aromatic carbocycles. The third-order valence-corrected chi connectivity index (χ3v) is 2.40. The van der Waals surface area contributed by atoms with Gasteiger partial charge in [0, 0.05) is 10.8 Å². The van der Waals surface area contributed by atoms with E-state index in [0.29, 0.717) is 5.69 Å². The highest BCUT2D eigenvalue weighted by Crippen LogP contribution is 2.09. The van der Waals surface area contributed by atoms with Crippen molar-refractivity contribution < 1.29 is 23.9 Å². The first-order chi connectivity index (χ1) is 9.49. The van der Waals surface area contributed by atoms with E-state index in [4.69, 9.17) is 16.2 Å². The molecule has 0 spiro atoms. The van der Waals surface area contributed by atoms with Crippen molar-refractivity contribution in [2.24, 2.45) is 5.73 Å². The Bertz CT molecular complexity index is 649. The first-order valence-corrected chi connectivity index (χ1v) is 5.40. The van der Waals surface area contributed by atoms with Gasteiger partial charge in [-0.25, -0.2) is 4.79 Å². The summed E-state index contributed by atoms with van der Waals surface area (Å²) in [7, 11) is 0. The van der Waals surface area contributed by atoms with Crippen LogP contribution in [0.3, 0.4) is 0 Å². The topological polar surface area (TPSA) is 148 Å². The van der Waals surface area contributed by atoms with Gasteiger partial charge < -0.3 is 21.4 Å². The number of aromatic nitrogens is 2. The highest BCUT2D eigenvalue weighted by Gasteiger charge is 2.25. The minimum Gasteiger partial charge on any atom is -0.453 e. The average molecular weight is 278 g/mol. The van der Waals surface area contributed by atoms with Gasteiger partial charge in [0.1, 0.15) is 0 Å². The van der Waals surface area contributed by atoms with E-state index >= 15 is 0 Å². The van der Waals surface area contributed by atoms with Crippen molar-refractivity contribution in [3.8, 4) is 0 Å². The number of rotatable bonds is 4. The van der Waals surface area contributed by atoms with Crippen LogP contribution in [0.5, 0.6) is 0 Å². The molecule has 4 N–H and O–H groups in total. The number of hydrogen-bond donors (Lipinski definition) is 2. The lowest BCUT2D eigenvalue weighted by Gasteiger charge is -2.02. The molecule has 0 saturated carbocycles. The number of nitrogens with zero attached hydrogens (tertiary/aromatic N) is 2. The monoisotopic (exact) mass is 278 g/mol. The van der Waals surface area contributed by atoms with E-state index in [-0.39, 0.29) is 16.2 Å². The van der Waals surface area contributed by atoms with Crippen LogP contribution in [0.25, 0.3) is 0 Å². The molecule has 0 fully saturated rings. The molecule has 1 amide bonds. The van der Waals surface area contributed by atoms with Crippen molar-refractivity contribution in [3.05, 3.63) is 46.4 Å². The third kappa shape index (κ3) is 2.66. The maximum absolute atomic E-state index is 11.7. The number of carbonyl (C=O) groups excluding carboxylic acids is 2. The fraction of sp³-hybridized carbons (Fsp3) is 0.0909. The third-order valence-electron chi connectivity index (χ3n) is 2.40. The predicted molar refractivity (Wildman–Crippen MR) is 64.0 cm³/mol. The average Bonchev–Trinajstić information content (AvgIpc) is 2.78. The molecule has 1 heterocycles. The van der Waals surface area contributed by atoms with Gasteiger partial charge in [-0.3, -0.25) is 9.42 Å². The van der Waals surface area contributed by atoms with Crippen molar-refractivity contribution >= 4 is 17.6 Å². The number of amides is 1. The molecular formula is C11H10N4O5. The second kappa shape index (κ2) is 5.26. The summed E-state index contributed by atoms with van der Waals surface area (Å²) in [6.45, 7) is -0.416. The molecule has 9 heteroatoms. The van der Waals surface area contributed by atoms with Crippen molar-refractivity contribution in [3.63, 3.8) is 0 Å². The Balaban J connectivity index is 2.07. The maximum Gasteiger partial charge on any atom is 0.338 e. The number of nitrogen functional groups attached to an aromatic ring is 1. The van der Waals surface area contributed by atoms with Crippen molar-refractivity contribution in [1.29, 1.82) is 0 Å². The van der Waals surface area contributed by atoms with Crippen LogP contribution in [0.4, 0.5) is 5.69 Å². The van der Waals surface area contributed by atoms with Crippen molar-refractivity contribution in [2.45, 2.75) is 6.61 Å². The molecule has 0 saturated heterocycles. The fourth-order valence-electron chi connectivity index (χ4n) is 1.44. The van der Waals surface area contributed by atoms with Crippen LogP contribution in [0.2, 0.25) is 0 Å². The summed E-state index contributed by atoms with van der Waals surface area (Å²) in [5.74, 6) is -1.69. The van der Waals surface area contributed by atoms with Crippen LogP contribution in [0.15, 0.2) is 28.9 Å². The number of anilines is 1. The van der Waals surface area contributed by atoms with Crippen LogP contribution in [0, 0.1) is 5.21 Å². The number of esters is 1. The highest BCUT2D eigenvalue weighted by atomic mass is 16.8. The second-order valence-corrected chi connectivity index (χ2v) is 3.79. The molecule has 0 aliphatic carbocycles. The molecule has 0 atom stereocenters. The van der Waals surface area contributed by atoms with Gasteiger partial charge in [-0.1, -0.05) is 0 Å². The molecule has 2 aromatic rings. The molecule has 20 heavy (non-hydrogen) atoms. The minimum absolute atomic E-state index is 0.144. The quantitative estimate of drug-likeness (QED) is 0.428. The Labute approximate surface area is 112 Å². The first kappa shape index (κ1) is 13.3. The normalized spacial score (nSPS) is 10.2. The molecule has 0 radical (unpaired) electrons. The van der Waals surface area contributed by atoms with Crippen LogP contribution in [-0.4, -0.2) is 17.0 Å². The molecule has 0 bridgehead atoms. The fourth-order valence-corrected chi connectivity index (χ4v) is 1.44. The van der Waals surface area contributed by atoms with Crippen molar-refractivity contribution in [2.75, 3.05) is 5.73 Å². The van der Waals surface area contributed by atoms with Gasteiger partial charge in [-0.15, -0.1) is 0 Å². The molecule has 1 aromatic heterocycles. The van der Waals surface area contributed by atoms with Crippen LogP contribution in [-0.2, 0) is 11.3 Å². The Morgan fingerprint density at radius 1 is 1.35 bits per heavy atom. The molecule has 2 rings (SSSR count). The summed E-state index contributed by atoms with van der Waals surface area (Å²) in [5.41, 5.74) is 10.6. The zero-order valence-corrected chi connectivity index (χ0v) is 10.1. The van der Waals surface area contributed by atoms with Gasteiger partial charge in [0.15, 0.2) is 6.61 Å². The number of benzene rings is 1. The van der Waals surface area contributed by atoms with Gasteiger partial charge in [-0.2, -0.15) is 0 Å². The van der Waals surface area contributed by atoms with Gasteiger partial charge in [0.05, 0.1) is 5.56 Å². The van der Waals surface area contributed by atoms with E-state index in [1.165, 1.54) is 24.3 Å². The summed E-state index contributed by atoms with van der Waals surface area (Å²) in [6, 6.07) is 6.02. The zero-order valence-electron chi connectivity index (χ0n) is 10.1. The molecular weight excluding hydrogens is 268 g/mol. The molecule has 0 aliphatic heterocycles. The van der Waals surface area contributed by atoms with Gasteiger partial charge in [0.2, 0.25) is 0 Å². The van der Waals surface area contributed by atoms with Crippen LogP contribution in [0.1, 0.15) is 26.5 Å². The van der Waals surface area contributed by atoms with E-state index in [1.54, 1.807) is 0 Å². The van der Waals surface area contributed by atoms with Crippen LogP contribution < -0.4 is 16.4 Å². The summed E-state index contributed by atoms with van der Waals surface area (Å²) >= 11 is 0. The smallest absolute Gasteiger partial charge is 0.338 e. The predicted octanol–water partition coefficient (Wildman–Crippen LogP) is -0.654. The SMILES string of the molecule is NC(=O)c1c(COC(=O)c2ccc(N)cc2)no[n+]1[O-]. The van der Waals surface area contributed by atoms with Gasteiger partial charge >= 0.3 is 5.97 Å². The Morgan fingerprint density at radius 2 is 2.00 bits per heavy atom. The standard InChI is InChI=1S/C11H10N4O5/c12-7-3-1-6(2-4-7)11(17)19-5-8-9(10(13)16)15(18)20-14-8/h1-4H,5,12H2,(H2,13,16). The molecule has 9 nitrogen and oxygen atoms in total. The summed E-state index contributed by atoms with van der Waals surface area (Å²) < 4.78 is 9.11. The lowest BCUT2D eigenvalue weighted by molar-refractivity contribution is -0.803. The van der Waals surface area contributed by atoms with Crippen LogP contribution >= 0.6 is 0 Å². The van der Waals surface area contributed by atoms with E-state index in [9.17, 15) is 14.8 Å². The van der Waals surface area contributed by atoms with Gasteiger partial charge in [0.25, 0.3) is 17.3 Å². The lowest BCUT2D eigenvalue weighted by atomic mass is 10.2. The Hall–Kier alpha value is -3.10. The Kier molecular flexibility index (Phi) is 3.51. The molecule has 104 valence electrons. The second-order valence-electron chi connectivity index (χ2n) is 3.79. The van der Waals surface area contributed by atoms with E-state index in [1.807, 2.05) is 0 Å². The summed E-state index contributed by atoms with van der Waals surface area (Å²) in [4.78, 5) is 22.6. The number of carbonyl (C=O) groups is 2. The Morgan fingerprint density at radius 3 is 2.60 bits per heavy atom. The van der Waals surface area contributed by atoms with Gasteiger partial charge in [-0.05, 0) is 29.2 Å². The largest absolute Gasteiger partial charge is 0.453 e. The summed E-state index contributed by atoms with van der Waals surface area (Å²) in [5, 5.41) is 14.4.